The lowest BCUT2D eigenvalue weighted by atomic mass is 9.85. The van der Waals surface area contributed by atoms with Crippen LogP contribution in [-0.4, -0.2) is 41.1 Å². The second-order valence-corrected chi connectivity index (χ2v) is 6.08. The van der Waals surface area contributed by atoms with E-state index in [1.165, 1.54) is 0 Å². The van der Waals surface area contributed by atoms with Crippen LogP contribution < -0.4 is 5.32 Å². The van der Waals surface area contributed by atoms with Crippen molar-refractivity contribution in [3.63, 3.8) is 0 Å². The van der Waals surface area contributed by atoms with E-state index >= 15 is 0 Å². The Morgan fingerprint density at radius 3 is 2.90 bits per heavy atom. The van der Waals surface area contributed by atoms with Crippen molar-refractivity contribution in [2.75, 3.05) is 19.8 Å². The van der Waals surface area contributed by atoms with E-state index in [1.54, 1.807) is 0 Å². The number of rotatable bonds is 5. The predicted octanol–water partition coefficient (Wildman–Crippen LogP) is 2.28. The maximum absolute atomic E-state index is 5.95. The number of aryl methyl sites for hydroxylation is 1. The third-order valence-corrected chi connectivity index (χ3v) is 4.71. The van der Waals surface area contributed by atoms with Crippen LogP contribution in [0.3, 0.4) is 0 Å². The van der Waals surface area contributed by atoms with Crippen LogP contribution in [0.1, 0.15) is 51.4 Å². The highest BCUT2D eigenvalue weighted by Crippen LogP contribution is 2.41. The fourth-order valence-corrected chi connectivity index (χ4v) is 3.67. The van der Waals surface area contributed by atoms with Crippen LogP contribution in [0.25, 0.3) is 0 Å². The van der Waals surface area contributed by atoms with Gasteiger partial charge in [0.1, 0.15) is 5.82 Å². The van der Waals surface area contributed by atoms with Crippen LogP contribution in [0, 0.1) is 0 Å². The summed E-state index contributed by atoms with van der Waals surface area (Å²) in [5, 5.41) is 3.71. The lowest BCUT2D eigenvalue weighted by Gasteiger charge is -2.42. The molecule has 2 aliphatic rings. The number of nitrogens with one attached hydrogen (secondary N) is 1. The summed E-state index contributed by atoms with van der Waals surface area (Å²) in [4.78, 5) is 4.49. The summed E-state index contributed by atoms with van der Waals surface area (Å²) in [6.07, 6.45) is 9.13. The zero-order valence-corrected chi connectivity index (χ0v) is 13.2. The second-order valence-electron chi connectivity index (χ2n) is 6.08. The molecule has 1 saturated carbocycles. The zero-order valence-electron chi connectivity index (χ0n) is 13.2. The van der Waals surface area contributed by atoms with Gasteiger partial charge in [-0.1, -0.05) is 13.8 Å². The molecule has 1 aliphatic heterocycles. The Morgan fingerprint density at radius 2 is 2.19 bits per heavy atom. The van der Waals surface area contributed by atoms with E-state index in [4.69, 9.17) is 9.47 Å². The molecule has 0 radical (unpaired) electrons. The molecule has 0 amide bonds. The van der Waals surface area contributed by atoms with Gasteiger partial charge in [0.15, 0.2) is 5.79 Å². The monoisotopic (exact) mass is 293 g/mol. The molecular weight excluding hydrogens is 266 g/mol. The van der Waals surface area contributed by atoms with Gasteiger partial charge in [0.2, 0.25) is 0 Å². The van der Waals surface area contributed by atoms with Crippen molar-refractivity contribution in [1.29, 1.82) is 0 Å². The second kappa shape index (κ2) is 6.46. The van der Waals surface area contributed by atoms with Gasteiger partial charge in [-0.2, -0.15) is 0 Å². The summed E-state index contributed by atoms with van der Waals surface area (Å²) in [5.41, 5.74) is 0. The quantitative estimate of drug-likeness (QED) is 0.905. The highest BCUT2D eigenvalue weighted by atomic mass is 16.7. The van der Waals surface area contributed by atoms with Gasteiger partial charge >= 0.3 is 0 Å². The minimum Gasteiger partial charge on any atom is -0.347 e. The van der Waals surface area contributed by atoms with Crippen molar-refractivity contribution in [2.45, 2.75) is 63.8 Å². The summed E-state index contributed by atoms with van der Waals surface area (Å²) >= 11 is 0. The Bertz CT molecular complexity index is 454. The molecule has 0 aromatic carbocycles. The molecule has 118 valence electrons. The number of nitrogens with zero attached hydrogens (tertiary/aromatic N) is 2. The summed E-state index contributed by atoms with van der Waals surface area (Å²) in [5.74, 6) is 0.794. The molecular formula is C16H27N3O2. The Balaban J connectivity index is 1.82. The summed E-state index contributed by atoms with van der Waals surface area (Å²) < 4.78 is 14.2. The number of hydrogen-bond acceptors (Lipinski definition) is 4. The van der Waals surface area contributed by atoms with Gasteiger partial charge in [0, 0.05) is 37.7 Å². The fourth-order valence-electron chi connectivity index (χ4n) is 3.67. The predicted molar refractivity (Wildman–Crippen MR) is 81.2 cm³/mol. The van der Waals surface area contributed by atoms with Crippen molar-refractivity contribution >= 4 is 0 Å². The van der Waals surface area contributed by atoms with Crippen LogP contribution in [-0.2, 0) is 15.9 Å². The van der Waals surface area contributed by atoms with Crippen molar-refractivity contribution in [3.8, 4) is 0 Å². The minimum absolute atomic E-state index is 0.357. The first kappa shape index (κ1) is 15.0. The number of ether oxygens (including phenoxy) is 2. The number of hydrogen-bond donors (Lipinski definition) is 1. The maximum atomic E-state index is 5.95. The fraction of sp³-hybridized carbons (Fsp3) is 0.812. The lowest BCUT2D eigenvalue weighted by Crippen LogP contribution is -2.49. The Morgan fingerprint density at radius 1 is 1.38 bits per heavy atom. The van der Waals surface area contributed by atoms with Crippen LogP contribution >= 0.6 is 0 Å². The van der Waals surface area contributed by atoms with Gasteiger partial charge in [-0.25, -0.2) is 4.98 Å². The lowest BCUT2D eigenvalue weighted by molar-refractivity contribution is -0.188. The van der Waals surface area contributed by atoms with Gasteiger partial charge in [0.25, 0.3) is 0 Å². The van der Waals surface area contributed by atoms with Crippen LogP contribution in [0.15, 0.2) is 12.4 Å². The molecule has 1 spiro atoms. The average Bonchev–Trinajstić information content (AvgIpc) is 3.15. The minimum atomic E-state index is -0.357. The first-order chi connectivity index (χ1) is 10.3. The molecule has 0 bridgehead atoms. The van der Waals surface area contributed by atoms with Gasteiger partial charge < -0.3 is 19.4 Å². The molecule has 1 aromatic heterocycles. The standard InChI is InChI=1S/C16H27N3O2/c1-3-7-17-13-5-6-16(20-10-11-21-16)12-14(13)19-9-8-18-15(19)4-2/h8-9,13-14,17H,3-7,10-12H2,1-2H3. The Hall–Kier alpha value is -0.910. The highest BCUT2D eigenvalue weighted by Gasteiger charge is 2.45. The molecule has 2 unspecified atom stereocenters. The van der Waals surface area contributed by atoms with Crippen molar-refractivity contribution < 1.29 is 9.47 Å². The van der Waals surface area contributed by atoms with E-state index in [-0.39, 0.29) is 5.79 Å². The third-order valence-electron chi connectivity index (χ3n) is 4.71. The average molecular weight is 293 g/mol. The zero-order chi connectivity index (χ0) is 14.7. The molecule has 21 heavy (non-hydrogen) atoms. The molecule has 1 aliphatic carbocycles. The SMILES string of the molecule is CCCNC1CCC2(CC1n1ccnc1CC)OCCO2. The van der Waals surface area contributed by atoms with Crippen molar-refractivity contribution in [1.82, 2.24) is 14.9 Å². The molecule has 1 aromatic rings. The summed E-state index contributed by atoms with van der Waals surface area (Å²) in [7, 11) is 0. The topological polar surface area (TPSA) is 48.3 Å². The summed E-state index contributed by atoms with van der Waals surface area (Å²) in [6, 6.07) is 0.837. The van der Waals surface area contributed by atoms with Crippen molar-refractivity contribution in [2.24, 2.45) is 0 Å². The van der Waals surface area contributed by atoms with Crippen LogP contribution in [0.4, 0.5) is 0 Å². The van der Waals surface area contributed by atoms with Gasteiger partial charge in [-0.05, 0) is 19.4 Å². The largest absolute Gasteiger partial charge is 0.347 e. The van der Waals surface area contributed by atoms with E-state index in [9.17, 15) is 0 Å². The molecule has 1 saturated heterocycles. The maximum Gasteiger partial charge on any atom is 0.170 e. The first-order valence-corrected chi connectivity index (χ1v) is 8.31. The van der Waals surface area contributed by atoms with Crippen LogP contribution in [0.5, 0.6) is 0 Å². The molecule has 5 nitrogen and oxygen atoms in total. The van der Waals surface area contributed by atoms with E-state index in [1.807, 2.05) is 6.20 Å². The normalized spacial score (nSPS) is 28.3. The highest BCUT2D eigenvalue weighted by molar-refractivity contribution is 5.02. The van der Waals surface area contributed by atoms with Gasteiger partial charge in [-0.15, -0.1) is 0 Å². The Kier molecular flexibility index (Phi) is 4.62. The summed E-state index contributed by atoms with van der Waals surface area (Å²) in [6.45, 7) is 6.89. The van der Waals surface area contributed by atoms with E-state index in [0.29, 0.717) is 12.1 Å². The molecule has 2 fully saturated rings. The molecule has 1 N–H and O–H groups in total. The third kappa shape index (κ3) is 3.00. The number of aromatic nitrogens is 2. The van der Waals surface area contributed by atoms with Gasteiger partial charge in [-0.3, -0.25) is 0 Å². The molecule has 2 heterocycles. The molecule has 3 rings (SSSR count). The van der Waals surface area contributed by atoms with Crippen LogP contribution in [0.2, 0.25) is 0 Å². The molecule has 5 heteroatoms. The van der Waals surface area contributed by atoms with E-state index in [0.717, 1.165) is 57.7 Å². The molecule has 2 atom stereocenters. The Labute approximate surface area is 127 Å². The van der Waals surface area contributed by atoms with E-state index in [2.05, 4.69) is 34.9 Å². The number of imidazole rings is 1. The smallest absolute Gasteiger partial charge is 0.170 e. The van der Waals surface area contributed by atoms with Gasteiger partial charge in [0.05, 0.1) is 19.3 Å². The first-order valence-electron chi connectivity index (χ1n) is 8.31. The van der Waals surface area contributed by atoms with Crippen molar-refractivity contribution in [3.05, 3.63) is 18.2 Å². The van der Waals surface area contributed by atoms with E-state index < -0.39 is 0 Å².